The number of benzene rings is 1. The zero-order chi connectivity index (χ0) is 31.0. The van der Waals surface area contributed by atoms with Crippen molar-refractivity contribution >= 4 is 43.8 Å². The van der Waals surface area contributed by atoms with Crippen molar-refractivity contribution in [3.05, 3.63) is 47.3 Å². The largest absolute Gasteiger partial charge is 0.472 e. The van der Waals surface area contributed by atoms with Crippen LogP contribution in [0.25, 0.3) is 22.2 Å². The molecule has 0 spiro atoms. The van der Waals surface area contributed by atoms with E-state index in [1.807, 2.05) is 0 Å². The number of nitrogens with one attached hydrogen (secondary N) is 1. The Balaban J connectivity index is 1.20. The van der Waals surface area contributed by atoms with Gasteiger partial charge in [-0.3, -0.25) is 32.4 Å². The number of aliphatic hydroxyl groups is 1. The van der Waals surface area contributed by atoms with Crippen LogP contribution < -0.4 is 11.3 Å². The van der Waals surface area contributed by atoms with Crippen LogP contribution >= 0.6 is 15.6 Å². The van der Waals surface area contributed by atoms with Crippen molar-refractivity contribution in [2.24, 2.45) is 0 Å². The summed E-state index contributed by atoms with van der Waals surface area (Å²) < 4.78 is 76.7. The Hall–Kier alpha value is -3.13. The number of ether oxygens (including phenoxy) is 2. The minimum Gasteiger partial charge on any atom is -0.387 e. The van der Waals surface area contributed by atoms with Gasteiger partial charge in [0.05, 0.1) is 36.9 Å². The first kappa shape index (κ1) is 29.6. The van der Waals surface area contributed by atoms with Gasteiger partial charge >= 0.3 is 15.6 Å². The monoisotopic (exact) mass is 659 g/mol. The summed E-state index contributed by atoms with van der Waals surface area (Å²) in [6, 6.07) is 6.85. The van der Waals surface area contributed by atoms with E-state index >= 15 is 4.39 Å². The summed E-state index contributed by atoms with van der Waals surface area (Å²) in [5.74, 6) is -0.299. The van der Waals surface area contributed by atoms with Gasteiger partial charge in [0, 0.05) is 0 Å². The van der Waals surface area contributed by atoms with E-state index in [-0.39, 0.29) is 17.1 Å². The van der Waals surface area contributed by atoms with Gasteiger partial charge in [0.1, 0.15) is 30.5 Å². The lowest BCUT2D eigenvalue weighted by atomic mass is 10.1. The smallest absolute Gasteiger partial charge is 0.387 e. The van der Waals surface area contributed by atoms with E-state index in [0.29, 0.717) is 11.0 Å². The lowest BCUT2D eigenvalue weighted by Gasteiger charge is -2.25. The molecule has 22 heteroatoms. The summed E-state index contributed by atoms with van der Waals surface area (Å²) in [7, 11) is -10.2. The summed E-state index contributed by atoms with van der Waals surface area (Å²) in [4.78, 5) is 47.7. The maximum absolute atomic E-state index is 15.9. The lowest BCUT2D eigenvalue weighted by molar-refractivity contribution is -0.0669. The number of para-hydroxylation sites is 2. The third-order valence-corrected chi connectivity index (χ3v) is 9.34. The fourth-order valence-corrected chi connectivity index (χ4v) is 7.27. The highest BCUT2D eigenvalue weighted by atomic mass is 31.2. The second kappa shape index (κ2) is 10.7. The minimum atomic E-state index is -5.11. The number of phosphoric ester groups is 2. The summed E-state index contributed by atoms with van der Waals surface area (Å²) in [5, 5.41) is 11.0. The molecule has 236 valence electrons. The molecule has 0 aliphatic carbocycles. The number of nitrogens with two attached hydrogens (primary N) is 1. The van der Waals surface area contributed by atoms with E-state index in [4.69, 9.17) is 33.3 Å². The highest BCUT2D eigenvalue weighted by Gasteiger charge is 2.54. The van der Waals surface area contributed by atoms with Crippen LogP contribution in [0.4, 0.5) is 10.3 Å². The van der Waals surface area contributed by atoms with Crippen molar-refractivity contribution in [3.8, 4) is 0 Å². The van der Waals surface area contributed by atoms with E-state index in [1.165, 1.54) is 10.9 Å². The zero-order valence-corrected chi connectivity index (χ0v) is 23.9. The van der Waals surface area contributed by atoms with Crippen molar-refractivity contribution in [1.82, 2.24) is 29.1 Å². The van der Waals surface area contributed by atoms with Gasteiger partial charge in [0.2, 0.25) is 5.95 Å². The molecule has 44 heavy (non-hydrogen) atoms. The Labute approximate surface area is 244 Å². The van der Waals surface area contributed by atoms with E-state index < -0.39 is 83.6 Å². The number of anilines is 1. The summed E-state index contributed by atoms with van der Waals surface area (Å²) in [6.07, 6.45) is -10.9. The molecule has 19 nitrogen and oxygen atoms in total. The second-order valence-corrected chi connectivity index (χ2v) is 13.0. The molecule has 0 radical (unpaired) electrons. The lowest BCUT2D eigenvalue weighted by Crippen LogP contribution is -2.35. The zero-order valence-electron chi connectivity index (χ0n) is 22.1. The Morgan fingerprint density at radius 3 is 2.39 bits per heavy atom. The molecule has 10 atom stereocenters. The van der Waals surface area contributed by atoms with Crippen molar-refractivity contribution in [1.29, 1.82) is 0 Å². The molecule has 3 aliphatic rings. The number of nitrogen functional groups attached to an aromatic ring is 1. The van der Waals surface area contributed by atoms with Crippen LogP contribution in [-0.4, -0.2) is 93.9 Å². The molecule has 2 bridgehead atoms. The van der Waals surface area contributed by atoms with E-state index in [9.17, 15) is 28.8 Å². The molecular formula is C22H24FN7O12P2. The average Bonchev–Trinajstić information content (AvgIpc) is 3.72. The van der Waals surface area contributed by atoms with Gasteiger partial charge < -0.3 is 34.7 Å². The molecule has 3 aliphatic heterocycles. The average molecular weight is 659 g/mol. The molecule has 3 saturated heterocycles. The molecule has 0 saturated carbocycles. The van der Waals surface area contributed by atoms with Crippen LogP contribution in [0.15, 0.2) is 41.7 Å². The quantitative estimate of drug-likeness (QED) is 0.181. The van der Waals surface area contributed by atoms with Crippen LogP contribution in [0.1, 0.15) is 12.5 Å². The number of H-pyrrole nitrogens is 1. The number of halogens is 1. The highest BCUT2D eigenvalue weighted by Crippen LogP contribution is 2.54. The number of rotatable bonds is 2. The summed E-state index contributed by atoms with van der Waals surface area (Å²) in [6.45, 7) is -1.67. The SMILES string of the molecule is Nc1nc2c(ncn2C2OC3COP(=O)(O)OC4C(O)C(COP(=O)(O)OC3C2F)OC4n2cnc3ccccc32)c(=O)[nH]1. The number of imidazole rings is 2. The van der Waals surface area contributed by atoms with Gasteiger partial charge in [0.25, 0.3) is 5.56 Å². The van der Waals surface area contributed by atoms with Gasteiger partial charge in [-0.05, 0) is 12.1 Å². The predicted octanol–water partition coefficient (Wildman–Crippen LogP) is 0.263. The normalized spacial score (nSPS) is 38.3. The summed E-state index contributed by atoms with van der Waals surface area (Å²) in [5.41, 5.74) is 5.60. The number of nitrogens with zero attached hydrogens (tertiary/aromatic N) is 5. The van der Waals surface area contributed by atoms with Crippen LogP contribution in [0.3, 0.4) is 0 Å². The fraction of sp³-hybridized carbons (Fsp3) is 0.455. The fourth-order valence-electron chi connectivity index (χ4n) is 5.39. The number of alkyl halides is 1. The number of fused-ring (bicyclic) bond motifs is 5. The number of aromatic nitrogens is 6. The molecule has 1 aromatic carbocycles. The minimum absolute atomic E-state index is 0.172. The number of aliphatic hydroxyl groups excluding tert-OH is 1. The number of phosphoric acid groups is 2. The number of hydrogen-bond acceptors (Lipinski definition) is 14. The molecule has 3 aromatic heterocycles. The Morgan fingerprint density at radius 2 is 1.61 bits per heavy atom. The van der Waals surface area contributed by atoms with E-state index in [0.717, 1.165) is 10.9 Å². The van der Waals surface area contributed by atoms with Gasteiger partial charge in [0.15, 0.2) is 29.8 Å². The van der Waals surface area contributed by atoms with Crippen LogP contribution in [0, 0.1) is 0 Å². The first-order chi connectivity index (χ1) is 20.9. The molecule has 7 rings (SSSR count). The van der Waals surface area contributed by atoms with Gasteiger partial charge in [-0.1, -0.05) is 12.1 Å². The maximum atomic E-state index is 15.9. The number of aromatic amines is 1. The predicted molar refractivity (Wildman–Crippen MR) is 142 cm³/mol. The van der Waals surface area contributed by atoms with Crippen molar-refractivity contribution < 1.29 is 56.0 Å². The first-order valence-electron chi connectivity index (χ1n) is 13.0. The molecule has 10 unspecified atom stereocenters. The van der Waals surface area contributed by atoms with E-state index in [1.54, 1.807) is 24.3 Å². The van der Waals surface area contributed by atoms with Gasteiger partial charge in [-0.15, -0.1) is 0 Å². The van der Waals surface area contributed by atoms with Crippen LogP contribution in [0.5, 0.6) is 0 Å². The molecule has 4 aromatic rings. The summed E-state index contributed by atoms with van der Waals surface area (Å²) >= 11 is 0. The highest BCUT2D eigenvalue weighted by molar-refractivity contribution is 7.47. The topological polar surface area (TPSA) is 258 Å². The maximum Gasteiger partial charge on any atom is 0.472 e. The molecule has 6 N–H and O–H groups in total. The van der Waals surface area contributed by atoms with Gasteiger partial charge in [-0.25, -0.2) is 23.5 Å². The number of hydrogen-bond donors (Lipinski definition) is 5. The second-order valence-electron chi connectivity index (χ2n) is 10.1. The molecule has 3 fully saturated rings. The third-order valence-electron chi connectivity index (χ3n) is 7.37. The van der Waals surface area contributed by atoms with E-state index in [2.05, 4.69) is 19.9 Å². The molecular weight excluding hydrogens is 635 g/mol. The van der Waals surface area contributed by atoms with Crippen molar-refractivity contribution in [3.63, 3.8) is 0 Å². The first-order valence-corrected chi connectivity index (χ1v) is 16.0. The molecule has 0 amide bonds. The Kier molecular flexibility index (Phi) is 7.22. The van der Waals surface area contributed by atoms with Crippen molar-refractivity contribution in [2.45, 2.75) is 49.1 Å². The van der Waals surface area contributed by atoms with Crippen LogP contribution in [-0.2, 0) is 36.7 Å². The van der Waals surface area contributed by atoms with Gasteiger partial charge in [-0.2, -0.15) is 4.98 Å². The molecule has 6 heterocycles. The third kappa shape index (κ3) is 5.17. The van der Waals surface area contributed by atoms with Crippen molar-refractivity contribution in [2.75, 3.05) is 18.9 Å². The Bertz CT molecular complexity index is 1890. The Morgan fingerprint density at radius 1 is 0.955 bits per heavy atom. The van der Waals surface area contributed by atoms with Crippen LogP contribution in [0.2, 0.25) is 0 Å². The standard InChI is InChI=1S/C22H24FN7O12P2/c23-13-16-12(40-20(13)30-8-26-14-18(30)27-22(24)28-19(14)32)6-38-44(35,36)42-17-15(31)11(5-37-43(33,34)41-16)39-21(17)29-7-25-9-3-1-2-4-10(9)29/h1-4,7-8,11-13,15-17,20-21,31H,5-6H2,(H,33,34)(H,35,36)(H3,24,27,28,32).